The van der Waals surface area contributed by atoms with Crippen molar-refractivity contribution < 1.29 is 4.74 Å². The van der Waals surface area contributed by atoms with Gasteiger partial charge in [0.1, 0.15) is 5.75 Å². The molecule has 4 heteroatoms. The Labute approximate surface area is 107 Å². The Morgan fingerprint density at radius 3 is 3.00 bits per heavy atom. The largest absolute Gasteiger partial charge is 0.497 e. The molecule has 1 heterocycles. The molecular formula is C13H20N2OS. The van der Waals surface area contributed by atoms with Gasteiger partial charge in [-0.1, -0.05) is 6.07 Å². The summed E-state index contributed by atoms with van der Waals surface area (Å²) in [6, 6.07) is 6.17. The Bertz CT molecular complexity index is 362. The van der Waals surface area contributed by atoms with Crippen molar-refractivity contribution in [3.05, 3.63) is 23.8 Å². The van der Waals surface area contributed by atoms with Gasteiger partial charge in [0, 0.05) is 37.1 Å². The van der Waals surface area contributed by atoms with Gasteiger partial charge in [-0.15, -0.1) is 0 Å². The molecule has 1 aromatic rings. The summed E-state index contributed by atoms with van der Waals surface area (Å²) in [5, 5.41) is 0. The Kier molecular flexibility index (Phi) is 4.57. The highest BCUT2D eigenvalue weighted by molar-refractivity contribution is 7.99. The standard InChI is InChI=1S/C13H20N2OS/c1-16-12-4-3-11(10-14)13(9-12)15-5-2-7-17-8-6-15/h3-4,9H,2,5-8,10,14H2,1H3. The van der Waals surface area contributed by atoms with E-state index in [1.165, 1.54) is 29.2 Å². The molecule has 0 aliphatic carbocycles. The molecule has 1 saturated heterocycles. The minimum atomic E-state index is 0.586. The van der Waals surface area contributed by atoms with Gasteiger partial charge < -0.3 is 15.4 Å². The Morgan fingerprint density at radius 2 is 2.24 bits per heavy atom. The number of rotatable bonds is 3. The lowest BCUT2D eigenvalue weighted by atomic mass is 10.1. The van der Waals surface area contributed by atoms with Gasteiger partial charge in [0.15, 0.2) is 0 Å². The summed E-state index contributed by atoms with van der Waals surface area (Å²) < 4.78 is 5.30. The zero-order valence-corrected chi connectivity index (χ0v) is 11.1. The second kappa shape index (κ2) is 6.17. The predicted molar refractivity (Wildman–Crippen MR) is 75.0 cm³/mol. The van der Waals surface area contributed by atoms with Crippen LogP contribution < -0.4 is 15.4 Å². The van der Waals surface area contributed by atoms with Gasteiger partial charge in [-0.05, 0) is 23.8 Å². The van der Waals surface area contributed by atoms with E-state index in [0.717, 1.165) is 18.8 Å². The molecule has 1 aromatic carbocycles. The zero-order valence-electron chi connectivity index (χ0n) is 10.3. The number of nitrogens with two attached hydrogens (primary N) is 1. The maximum Gasteiger partial charge on any atom is 0.120 e. The molecule has 2 N–H and O–H groups in total. The number of benzene rings is 1. The summed E-state index contributed by atoms with van der Waals surface area (Å²) in [6.07, 6.45) is 1.24. The molecule has 17 heavy (non-hydrogen) atoms. The summed E-state index contributed by atoms with van der Waals surface area (Å²) >= 11 is 2.03. The predicted octanol–water partition coefficient (Wildman–Crippen LogP) is 2.10. The number of methoxy groups -OCH3 is 1. The monoisotopic (exact) mass is 252 g/mol. The fourth-order valence-electron chi connectivity index (χ4n) is 2.12. The van der Waals surface area contributed by atoms with E-state index in [2.05, 4.69) is 17.0 Å². The molecule has 0 bridgehead atoms. The maximum absolute atomic E-state index is 5.82. The normalized spacial score (nSPS) is 16.7. The Morgan fingerprint density at radius 1 is 1.35 bits per heavy atom. The average Bonchev–Trinajstić information content (AvgIpc) is 2.66. The summed E-state index contributed by atoms with van der Waals surface area (Å²) in [7, 11) is 1.71. The molecule has 0 radical (unpaired) electrons. The second-order valence-corrected chi connectivity index (χ2v) is 5.38. The van der Waals surface area contributed by atoms with Gasteiger partial charge in [-0.25, -0.2) is 0 Å². The molecule has 0 unspecified atom stereocenters. The zero-order chi connectivity index (χ0) is 12.1. The lowest BCUT2D eigenvalue weighted by molar-refractivity contribution is 0.414. The molecule has 2 rings (SSSR count). The van der Waals surface area contributed by atoms with Crippen molar-refractivity contribution in [3.63, 3.8) is 0 Å². The second-order valence-electron chi connectivity index (χ2n) is 4.15. The van der Waals surface area contributed by atoms with Crippen molar-refractivity contribution >= 4 is 17.4 Å². The van der Waals surface area contributed by atoms with Crippen LogP contribution in [0.25, 0.3) is 0 Å². The third-order valence-corrected chi connectivity index (χ3v) is 4.12. The fraction of sp³-hybridized carbons (Fsp3) is 0.538. The van der Waals surface area contributed by atoms with Gasteiger partial charge in [-0.3, -0.25) is 0 Å². The van der Waals surface area contributed by atoms with Crippen molar-refractivity contribution in [3.8, 4) is 5.75 Å². The van der Waals surface area contributed by atoms with E-state index < -0.39 is 0 Å². The highest BCUT2D eigenvalue weighted by atomic mass is 32.2. The van der Waals surface area contributed by atoms with Gasteiger partial charge in [0.05, 0.1) is 7.11 Å². The van der Waals surface area contributed by atoms with Crippen LogP contribution in [-0.2, 0) is 6.54 Å². The van der Waals surface area contributed by atoms with Gasteiger partial charge in [0.2, 0.25) is 0 Å². The number of nitrogens with zero attached hydrogens (tertiary/aromatic N) is 1. The lowest BCUT2D eigenvalue weighted by Crippen LogP contribution is -2.27. The molecule has 1 aliphatic rings. The van der Waals surface area contributed by atoms with E-state index in [-0.39, 0.29) is 0 Å². The molecule has 0 atom stereocenters. The third kappa shape index (κ3) is 3.07. The van der Waals surface area contributed by atoms with Crippen molar-refractivity contribution in [2.45, 2.75) is 13.0 Å². The highest BCUT2D eigenvalue weighted by Crippen LogP contribution is 2.27. The van der Waals surface area contributed by atoms with E-state index >= 15 is 0 Å². The first-order chi connectivity index (χ1) is 8.35. The van der Waals surface area contributed by atoms with E-state index in [0.29, 0.717) is 6.54 Å². The molecule has 1 fully saturated rings. The summed E-state index contributed by atoms with van der Waals surface area (Å²) in [6.45, 7) is 2.81. The van der Waals surface area contributed by atoms with E-state index in [1.54, 1.807) is 7.11 Å². The first kappa shape index (κ1) is 12.6. The molecule has 1 aliphatic heterocycles. The summed E-state index contributed by atoms with van der Waals surface area (Å²) in [5.74, 6) is 3.37. The lowest BCUT2D eigenvalue weighted by Gasteiger charge is -2.25. The molecule has 94 valence electrons. The molecule has 3 nitrogen and oxygen atoms in total. The Balaban J connectivity index is 2.26. The Hall–Kier alpha value is -0.870. The average molecular weight is 252 g/mol. The third-order valence-electron chi connectivity index (χ3n) is 3.08. The molecular weight excluding hydrogens is 232 g/mol. The van der Waals surface area contributed by atoms with Crippen molar-refractivity contribution in [1.29, 1.82) is 0 Å². The van der Waals surface area contributed by atoms with Crippen LogP contribution in [0.4, 0.5) is 5.69 Å². The smallest absolute Gasteiger partial charge is 0.120 e. The minimum Gasteiger partial charge on any atom is -0.497 e. The fourth-order valence-corrected chi connectivity index (χ4v) is 3.01. The molecule has 0 aromatic heterocycles. The van der Waals surface area contributed by atoms with Crippen molar-refractivity contribution in [2.75, 3.05) is 36.6 Å². The van der Waals surface area contributed by atoms with Crippen LogP contribution in [0.15, 0.2) is 18.2 Å². The number of ether oxygens (including phenoxy) is 1. The van der Waals surface area contributed by atoms with Gasteiger partial charge in [-0.2, -0.15) is 11.8 Å². The van der Waals surface area contributed by atoms with E-state index in [4.69, 9.17) is 10.5 Å². The first-order valence-electron chi connectivity index (χ1n) is 6.05. The van der Waals surface area contributed by atoms with Crippen LogP contribution in [0.2, 0.25) is 0 Å². The first-order valence-corrected chi connectivity index (χ1v) is 7.20. The van der Waals surface area contributed by atoms with Crippen LogP contribution in [0, 0.1) is 0 Å². The summed E-state index contributed by atoms with van der Waals surface area (Å²) in [4.78, 5) is 2.44. The van der Waals surface area contributed by atoms with Crippen LogP contribution in [0.3, 0.4) is 0 Å². The van der Waals surface area contributed by atoms with Crippen LogP contribution in [0.1, 0.15) is 12.0 Å². The van der Waals surface area contributed by atoms with Crippen LogP contribution in [0.5, 0.6) is 5.75 Å². The topological polar surface area (TPSA) is 38.5 Å². The maximum atomic E-state index is 5.82. The van der Waals surface area contributed by atoms with Crippen molar-refractivity contribution in [2.24, 2.45) is 5.73 Å². The van der Waals surface area contributed by atoms with E-state index in [9.17, 15) is 0 Å². The molecule has 0 saturated carbocycles. The van der Waals surface area contributed by atoms with Crippen molar-refractivity contribution in [1.82, 2.24) is 0 Å². The van der Waals surface area contributed by atoms with Crippen LogP contribution >= 0.6 is 11.8 Å². The van der Waals surface area contributed by atoms with Crippen LogP contribution in [-0.4, -0.2) is 31.7 Å². The highest BCUT2D eigenvalue weighted by Gasteiger charge is 2.13. The quantitative estimate of drug-likeness (QED) is 0.894. The number of hydrogen-bond acceptors (Lipinski definition) is 4. The number of hydrogen-bond donors (Lipinski definition) is 1. The molecule has 0 spiro atoms. The number of thioether (sulfide) groups is 1. The SMILES string of the molecule is COc1ccc(CN)c(N2CCCSCC2)c1. The molecule has 0 amide bonds. The van der Waals surface area contributed by atoms with Gasteiger partial charge >= 0.3 is 0 Å². The number of anilines is 1. The minimum absolute atomic E-state index is 0.586. The van der Waals surface area contributed by atoms with E-state index in [1.807, 2.05) is 17.8 Å². The van der Waals surface area contributed by atoms with Gasteiger partial charge in [0.25, 0.3) is 0 Å². The summed E-state index contributed by atoms with van der Waals surface area (Å²) in [5.41, 5.74) is 8.27.